The molecule has 1 aliphatic heterocycles. The number of ether oxygens (including phenoxy) is 1. The predicted octanol–water partition coefficient (Wildman–Crippen LogP) is 4.50. The molecule has 1 saturated heterocycles. The molecule has 0 radical (unpaired) electrons. The van der Waals surface area contributed by atoms with Crippen molar-refractivity contribution in [3.05, 3.63) is 65.9 Å². The molecule has 4 heteroatoms. The molecule has 0 N–H and O–H groups in total. The van der Waals surface area contributed by atoms with Crippen LogP contribution < -0.4 is 4.74 Å². The van der Waals surface area contributed by atoms with Gasteiger partial charge in [0.25, 0.3) is 0 Å². The second-order valence-corrected chi connectivity index (χ2v) is 6.99. The summed E-state index contributed by atoms with van der Waals surface area (Å²) in [4.78, 5) is 4.92. The van der Waals surface area contributed by atoms with E-state index in [4.69, 9.17) is 9.15 Å². The van der Waals surface area contributed by atoms with Crippen molar-refractivity contribution >= 4 is 11.0 Å². The zero-order valence-corrected chi connectivity index (χ0v) is 15.4. The summed E-state index contributed by atoms with van der Waals surface area (Å²) in [5.74, 6) is 2.01. The van der Waals surface area contributed by atoms with Crippen molar-refractivity contribution in [1.29, 1.82) is 0 Å². The minimum atomic E-state index is 0.780. The molecule has 1 aliphatic rings. The first-order valence-corrected chi connectivity index (χ1v) is 9.44. The van der Waals surface area contributed by atoms with E-state index in [1.807, 2.05) is 12.1 Å². The van der Waals surface area contributed by atoms with Crippen LogP contribution in [0.25, 0.3) is 11.0 Å². The van der Waals surface area contributed by atoms with Gasteiger partial charge in [-0.15, -0.1) is 0 Å². The van der Waals surface area contributed by atoms with E-state index in [2.05, 4.69) is 59.2 Å². The summed E-state index contributed by atoms with van der Waals surface area (Å²) >= 11 is 0. The van der Waals surface area contributed by atoms with Crippen molar-refractivity contribution in [3.8, 4) is 5.75 Å². The van der Waals surface area contributed by atoms with Crippen LogP contribution in [-0.4, -0.2) is 36.2 Å². The van der Waals surface area contributed by atoms with Gasteiger partial charge in [-0.2, -0.15) is 0 Å². The minimum Gasteiger partial charge on any atom is -0.494 e. The lowest BCUT2D eigenvalue weighted by molar-refractivity contribution is 0.224. The van der Waals surface area contributed by atoms with Crippen LogP contribution in [0.3, 0.4) is 0 Å². The molecule has 0 saturated carbocycles. The van der Waals surface area contributed by atoms with Gasteiger partial charge in [0, 0.05) is 25.0 Å². The number of nitrogens with zero attached hydrogens (tertiary/aromatic N) is 2. The second-order valence-electron chi connectivity index (χ2n) is 6.99. The van der Waals surface area contributed by atoms with Crippen molar-refractivity contribution in [2.75, 3.05) is 26.4 Å². The molecule has 0 bridgehead atoms. The Morgan fingerprint density at radius 1 is 0.962 bits per heavy atom. The molecule has 1 aromatic heterocycles. The summed E-state index contributed by atoms with van der Waals surface area (Å²) in [6, 6.07) is 18.9. The smallest absolute Gasteiger partial charge is 0.134 e. The maximum Gasteiger partial charge on any atom is 0.134 e. The van der Waals surface area contributed by atoms with Gasteiger partial charge in [0.15, 0.2) is 0 Å². The molecule has 0 aliphatic carbocycles. The van der Waals surface area contributed by atoms with E-state index in [1.54, 1.807) is 0 Å². The molecule has 26 heavy (non-hydrogen) atoms. The van der Waals surface area contributed by atoms with E-state index in [0.29, 0.717) is 0 Å². The third-order valence-corrected chi connectivity index (χ3v) is 4.79. The van der Waals surface area contributed by atoms with Crippen LogP contribution in [0.1, 0.15) is 24.7 Å². The zero-order chi connectivity index (χ0) is 17.8. The molecule has 2 aromatic carbocycles. The molecular weight excluding hydrogens is 324 g/mol. The molecule has 1 fully saturated rings. The molecule has 0 amide bonds. The van der Waals surface area contributed by atoms with Gasteiger partial charge in [-0.05, 0) is 36.2 Å². The summed E-state index contributed by atoms with van der Waals surface area (Å²) in [5.41, 5.74) is 2.31. The topological polar surface area (TPSA) is 28.9 Å². The lowest BCUT2D eigenvalue weighted by Crippen LogP contribution is -2.24. The number of benzene rings is 2. The number of furan rings is 1. The van der Waals surface area contributed by atoms with Gasteiger partial charge in [0.05, 0.1) is 19.8 Å². The first kappa shape index (κ1) is 17.1. The minimum absolute atomic E-state index is 0.780. The summed E-state index contributed by atoms with van der Waals surface area (Å²) in [6.45, 7) is 7.90. The van der Waals surface area contributed by atoms with E-state index in [9.17, 15) is 0 Å². The Labute approximate surface area is 155 Å². The molecule has 2 heterocycles. The Bertz CT molecular complexity index is 808. The zero-order valence-electron chi connectivity index (χ0n) is 15.4. The predicted molar refractivity (Wildman–Crippen MR) is 104 cm³/mol. The average molecular weight is 350 g/mol. The highest BCUT2D eigenvalue weighted by molar-refractivity contribution is 5.77. The van der Waals surface area contributed by atoms with Crippen LogP contribution in [0.5, 0.6) is 5.75 Å². The van der Waals surface area contributed by atoms with Gasteiger partial charge in [-0.1, -0.05) is 37.3 Å². The van der Waals surface area contributed by atoms with Crippen LogP contribution >= 0.6 is 0 Å². The van der Waals surface area contributed by atoms with Crippen LogP contribution in [-0.2, 0) is 13.1 Å². The highest BCUT2D eigenvalue weighted by Crippen LogP contribution is 2.22. The second kappa shape index (κ2) is 7.94. The third kappa shape index (κ3) is 4.09. The molecular formula is C22H26N2O2. The Morgan fingerprint density at radius 2 is 1.73 bits per heavy atom. The SMILES string of the molecule is CCCOc1ccc(CN2CCN(Cc3cc4ccccc4o3)C2)cc1. The maximum atomic E-state index is 5.95. The standard InChI is InChI=1S/C22H26N2O2/c1-2-13-25-20-9-7-18(8-10-20)15-23-11-12-24(17-23)16-21-14-19-5-3-4-6-22(19)26-21/h3-10,14H,2,11-13,15-17H2,1H3. The monoisotopic (exact) mass is 350 g/mol. The van der Waals surface area contributed by atoms with Crippen LogP contribution in [0.15, 0.2) is 59.0 Å². The normalized spacial score (nSPS) is 15.7. The van der Waals surface area contributed by atoms with Gasteiger partial charge >= 0.3 is 0 Å². The fourth-order valence-corrected chi connectivity index (χ4v) is 3.47. The summed E-state index contributed by atoms with van der Waals surface area (Å²) in [5, 5.41) is 1.18. The quantitative estimate of drug-likeness (QED) is 0.627. The van der Waals surface area contributed by atoms with Crippen LogP contribution in [0.4, 0.5) is 0 Å². The van der Waals surface area contributed by atoms with Gasteiger partial charge in [0.2, 0.25) is 0 Å². The molecule has 136 valence electrons. The Kier molecular flexibility index (Phi) is 5.23. The van der Waals surface area contributed by atoms with E-state index in [0.717, 1.165) is 63.0 Å². The van der Waals surface area contributed by atoms with Crippen molar-refractivity contribution in [2.45, 2.75) is 26.4 Å². The first-order valence-electron chi connectivity index (χ1n) is 9.44. The molecule has 0 spiro atoms. The fourth-order valence-electron chi connectivity index (χ4n) is 3.47. The Morgan fingerprint density at radius 3 is 2.50 bits per heavy atom. The summed E-state index contributed by atoms with van der Waals surface area (Å²) < 4.78 is 11.6. The van der Waals surface area contributed by atoms with Gasteiger partial charge < -0.3 is 9.15 Å². The summed E-state index contributed by atoms with van der Waals surface area (Å²) in [7, 11) is 0. The number of hydrogen-bond donors (Lipinski definition) is 0. The first-order chi connectivity index (χ1) is 12.8. The molecule has 0 unspecified atom stereocenters. The lowest BCUT2D eigenvalue weighted by atomic mass is 10.2. The van der Waals surface area contributed by atoms with E-state index in [-0.39, 0.29) is 0 Å². The van der Waals surface area contributed by atoms with E-state index in [1.165, 1.54) is 10.9 Å². The Hall–Kier alpha value is -2.30. The molecule has 0 atom stereocenters. The third-order valence-electron chi connectivity index (χ3n) is 4.79. The number of hydrogen-bond acceptors (Lipinski definition) is 4. The lowest BCUT2D eigenvalue weighted by Gasteiger charge is -2.17. The van der Waals surface area contributed by atoms with Crippen molar-refractivity contribution < 1.29 is 9.15 Å². The fraction of sp³-hybridized carbons (Fsp3) is 0.364. The number of para-hydroxylation sites is 1. The molecule has 4 rings (SSSR count). The summed E-state index contributed by atoms with van der Waals surface area (Å²) in [6.07, 6.45) is 1.04. The van der Waals surface area contributed by atoms with Gasteiger partial charge in [0.1, 0.15) is 17.1 Å². The van der Waals surface area contributed by atoms with E-state index < -0.39 is 0 Å². The highest BCUT2D eigenvalue weighted by atomic mass is 16.5. The number of rotatable bonds is 7. The van der Waals surface area contributed by atoms with Crippen molar-refractivity contribution in [1.82, 2.24) is 9.80 Å². The Balaban J connectivity index is 1.30. The van der Waals surface area contributed by atoms with Crippen molar-refractivity contribution in [2.24, 2.45) is 0 Å². The van der Waals surface area contributed by atoms with Crippen LogP contribution in [0, 0.1) is 0 Å². The molecule has 3 aromatic rings. The average Bonchev–Trinajstić information content (AvgIpc) is 3.27. The maximum absolute atomic E-state index is 5.95. The van der Waals surface area contributed by atoms with Gasteiger partial charge in [-0.3, -0.25) is 9.80 Å². The van der Waals surface area contributed by atoms with E-state index >= 15 is 0 Å². The van der Waals surface area contributed by atoms with Crippen molar-refractivity contribution in [3.63, 3.8) is 0 Å². The van der Waals surface area contributed by atoms with Gasteiger partial charge in [-0.25, -0.2) is 0 Å². The van der Waals surface area contributed by atoms with Crippen LogP contribution in [0.2, 0.25) is 0 Å². The largest absolute Gasteiger partial charge is 0.494 e. The molecule has 4 nitrogen and oxygen atoms in total. The highest BCUT2D eigenvalue weighted by Gasteiger charge is 2.21. The number of fused-ring (bicyclic) bond motifs is 1.